The zero-order valence-corrected chi connectivity index (χ0v) is 13.6. The van der Waals surface area contributed by atoms with Gasteiger partial charge in [-0.15, -0.1) is 0 Å². The van der Waals surface area contributed by atoms with E-state index in [1.54, 1.807) is 30.3 Å². The Morgan fingerprint density at radius 3 is 2.59 bits per heavy atom. The second-order valence-corrected chi connectivity index (χ2v) is 5.63. The molecular formula is C19H10N2O6. The van der Waals surface area contributed by atoms with Gasteiger partial charge in [0, 0.05) is 6.07 Å². The Hall–Kier alpha value is -4.07. The summed E-state index contributed by atoms with van der Waals surface area (Å²) in [6, 6.07) is 12.5. The Morgan fingerprint density at radius 2 is 1.78 bits per heavy atom. The zero-order chi connectivity index (χ0) is 19.0. The molecule has 4 rings (SSSR count). The molecule has 0 amide bonds. The van der Waals surface area contributed by atoms with Crippen LogP contribution in [0.3, 0.4) is 0 Å². The molecule has 1 aliphatic rings. The van der Waals surface area contributed by atoms with Crippen LogP contribution in [0.25, 0.3) is 17.0 Å². The first-order valence-electron chi connectivity index (χ1n) is 7.81. The fourth-order valence-corrected chi connectivity index (χ4v) is 2.68. The van der Waals surface area contributed by atoms with Crippen LogP contribution < -0.4 is 5.43 Å². The lowest BCUT2D eigenvalue weighted by Gasteiger charge is -2.00. The van der Waals surface area contributed by atoms with Crippen molar-refractivity contribution in [2.75, 3.05) is 0 Å². The van der Waals surface area contributed by atoms with Gasteiger partial charge in [-0.1, -0.05) is 24.3 Å². The Labute approximate surface area is 151 Å². The van der Waals surface area contributed by atoms with Crippen LogP contribution in [-0.4, -0.2) is 16.8 Å². The van der Waals surface area contributed by atoms with Crippen LogP contribution in [-0.2, 0) is 9.53 Å². The minimum Gasteiger partial charge on any atom is -0.463 e. The molecule has 0 saturated carbocycles. The van der Waals surface area contributed by atoms with Gasteiger partial charge in [0.25, 0.3) is 5.69 Å². The summed E-state index contributed by atoms with van der Waals surface area (Å²) in [5.41, 5.74) is -0.103. The van der Waals surface area contributed by atoms with E-state index in [4.69, 9.17) is 9.15 Å². The highest BCUT2D eigenvalue weighted by Crippen LogP contribution is 2.25. The number of benzene rings is 2. The van der Waals surface area contributed by atoms with E-state index in [-0.39, 0.29) is 33.8 Å². The van der Waals surface area contributed by atoms with Crippen molar-refractivity contribution in [1.82, 2.24) is 0 Å². The fourth-order valence-electron chi connectivity index (χ4n) is 2.68. The van der Waals surface area contributed by atoms with Crippen molar-refractivity contribution in [3.63, 3.8) is 0 Å². The number of rotatable bonds is 3. The lowest BCUT2D eigenvalue weighted by atomic mass is 10.1. The quantitative estimate of drug-likeness (QED) is 0.306. The number of carbonyl (C=O) groups excluding carboxylic acids is 1. The van der Waals surface area contributed by atoms with E-state index in [1.807, 2.05) is 0 Å². The molecule has 132 valence electrons. The first kappa shape index (κ1) is 16.4. The molecule has 0 bridgehead atoms. The third kappa shape index (κ3) is 2.89. The molecule has 2 heterocycles. The molecule has 3 aromatic rings. The molecule has 0 spiro atoms. The summed E-state index contributed by atoms with van der Waals surface area (Å²) in [6.45, 7) is 0. The molecule has 0 unspecified atom stereocenters. The minimum absolute atomic E-state index is 0.0739. The number of hydrogen-bond donors (Lipinski definition) is 0. The van der Waals surface area contributed by atoms with Crippen LogP contribution in [0.1, 0.15) is 11.1 Å². The van der Waals surface area contributed by atoms with Crippen molar-refractivity contribution < 1.29 is 18.9 Å². The van der Waals surface area contributed by atoms with Gasteiger partial charge in [0.1, 0.15) is 17.4 Å². The highest BCUT2D eigenvalue weighted by Gasteiger charge is 2.29. The van der Waals surface area contributed by atoms with E-state index >= 15 is 0 Å². The highest BCUT2D eigenvalue weighted by molar-refractivity contribution is 6.14. The molecule has 0 aliphatic carbocycles. The Balaban J connectivity index is 1.80. The predicted octanol–water partition coefficient (Wildman–Crippen LogP) is 3.05. The molecule has 0 N–H and O–H groups in total. The molecular weight excluding hydrogens is 352 g/mol. The SMILES string of the molecule is O=C1OC(c2ccccc2[N+](=O)[O-])=N/C1=C\c1coc2ccccc2c1=O. The second-order valence-electron chi connectivity index (χ2n) is 5.63. The third-order valence-electron chi connectivity index (χ3n) is 3.95. The fraction of sp³-hybridized carbons (Fsp3) is 0. The van der Waals surface area contributed by atoms with Crippen molar-refractivity contribution in [3.8, 4) is 0 Å². The molecule has 2 aromatic carbocycles. The van der Waals surface area contributed by atoms with Crippen molar-refractivity contribution >= 4 is 34.6 Å². The number of carbonyl (C=O) groups is 1. The molecule has 1 aliphatic heterocycles. The van der Waals surface area contributed by atoms with E-state index in [0.29, 0.717) is 11.0 Å². The molecule has 0 atom stereocenters. The van der Waals surface area contributed by atoms with Crippen LogP contribution in [0, 0.1) is 10.1 Å². The van der Waals surface area contributed by atoms with Crippen molar-refractivity contribution in [1.29, 1.82) is 0 Å². The number of fused-ring (bicyclic) bond motifs is 1. The van der Waals surface area contributed by atoms with Gasteiger partial charge in [-0.2, -0.15) is 0 Å². The van der Waals surface area contributed by atoms with Gasteiger partial charge in [-0.25, -0.2) is 9.79 Å². The topological polar surface area (TPSA) is 112 Å². The van der Waals surface area contributed by atoms with Gasteiger partial charge in [-0.05, 0) is 24.3 Å². The Kier molecular flexibility index (Phi) is 3.85. The highest BCUT2D eigenvalue weighted by atomic mass is 16.6. The summed E-state index contributed by atoms with van der Waals surface area (Å²) in [5, 5.41) is 11.5. The monoisotopic (exact) mass is 362 g/mol. The molecule has 1 aromatic heterocycles. The average Bonchev–Trinajstić information content (AvgIpc) is 3.04. The number of nitrogens with zero attached hydrogens (tertiary/aromatic N) is 2. The van der Waals surface area contributed by atoms with Crippen molar-refractivity contribution in [2.45, 2.75) is 0 Å². The van der Waals surface area contributed by atoms with E-state index in [2.05, 4.69) is 4.99 Å². The molecule has 0 radical (unpaired) electrons. The van der Waals surface area contributed by atoms with Crippen LogP contribution in [0.5, 0.6) is 0 Å². The van der Waals surface area contributed by atoms with Gasteiger partial charge in [0.05, 0.1) is 15.9 Å². The molecule has 0 fully saturated rings. The van der Waals surface area contributed by atoms with Crippen LogP contribution in [0.2, 0.25) is 0 Å². The second kappa shape index (κ2) is 6.34. The summed E-state index contributed by atoms with van der Waals surface area (Å²) < 4.78 is 10.5. The minimum atomic E-state index is -0.810. The Morgan fingerprint density at radius 1 is 1.04 bits per heavy atom. The van der Waals surface area contributed by atoms with Gasteiger partial charge >= 0.3 is 5.97 Å². The summed E-state index contributed by atoms with van der Waals surface area (Å²) in [7, 11) is 0. The first-order valence-corrected chi connectivity index (χ1v) is 7.81. The lowest BCUT2D eigenvalue weighted by molar-refractivity contribution is -0.385. The number of nitro groups is 1. The van der Waals surface area contributed by atoms with Crippen LogP contribution in [0.15, 0.2) is 74.7 Å². The maximum Gasteiger partial charge on any atom is 0.363 e. The first-order chi connectivity index (χ1) is 13.0. The van der Waals surface area contributed by atoms with Gasteiger partial charge in [0.15, 0.2) is 11.1 Å². The maximum atomic E-state index is 12.5. The number of nitro benzene ring substituents is 1. The standard InChI is InChI=1S/C19H10N2O6/c22-17-11(10-26-16-8-4-2-6-13(16)17)9-14-19(23)27-18(20-14)12-5-1-3-7-15(12)21(24)25/h1-10H/b14-9-. The Bertz CT molecular complexity index is 1220. The largest absolute Gasteiger partial charge is 0.463 e. The van der Waals surface area contributed by atoms with Crippen molar-refractivity contribution in [2.24, 2.45) is 4.99 Å². The summed E-state index contributed by atoms with van der Waals surface area (Å²) >= 11 is 0. The number of hydrogen-bond acceptors (Lipinski definition) is 7. The lowest BCUT2D eigenvalue weighted by Crippen LogP contribution is -2.08. The zero-order valence-electron chi connectivity index (χ0n) is 13.6. The summed E-state index contributed by atoms with van der Waals surface area (Å²) in [4.78, 5) is 39.2. The summed E-state index contributed by atoms with van der Waals surface area (Å²) in [5.74, 6) is -1.00. The van der Waals surface area contributed by atoms with Gasteiger partial charge in [-0.3, -0.25) is 14.9 Å². The van der Waals surface area contributed by atoms with Gasteiger partial charge < -0.3 is 9.15 Å². The number of para-hydroxylation sites is 2. The van der Waals surface area contributed by atoms with E-state index in [9.17, 15) is 19.7 Å². The molecule has 8 heteroatoms. The van der Waals surface area contributed by atoms with Crippen LogP contribution in [0.4, 0.5) is 5.69 Å². The van der Waals surface area contributed by atoms with E-state index in [1.165, 1.54) is 30.5 Å². The van der Waals surface area contributed by atoms with E-state index in [0.717, 1.165) is 0 Å². The number of ether oxygens (including phenoxy) is 1. The maximum absolute atomic E-state index is 12.5. The number of cyclic esters (lactones) is 1. The van der Waals surface area contributed by atoms with Gasteiger partial charge in [0.2, 0.25) is 5.90 Å². The van der Waals surface area contributed by atoms with E-state index < -0.39 is 10.9 Å². The number of esters is 1. The third-order valence-corrected chi connectivity index (χ3v) is 3.95. The van der Waals surface area contributed by atoms with Crippen LogP contribution >= 0.6 is 0 Å². The molecule has 0 saturated heterocycles. The normalized spacial score (nSPS) is 15.0. The molecule has 8 nitrogen and oxygen atoms in total. The number of aliphatic imine (C=N–C) groups is 1. The summed E-state index contributed by atoms with van der Waals surface area (Å²) in [6.07, 6.45) is 2.46. The average molecular weight is 362 g/mol. The smallest absolute Gasteiger partial charge is 0.363 e. The van der Waals surface area contributed by atoms with Crippen molar-refractivity contribution in [3.05, 3.63) is 92.0 Å². The predicted molar refractivity (Wildman–Crippen MR) is 96.2 cm³/mol. The molecule has 27 heavy (non-hydrogen) atoms.